The van der Waals surface area contributed by atoms with Gasteiger partial charge in [-0.25, -0.2) is 0 Å². The van der Waals surface area contributed by atoms with Crippen molar-refractivity contribution in [3.8, 4) is 0 Å². The van der Waals surface area contributed by atoms with E-state index in [0.29, 0.717) is 0 Å². The maximum atomic E-state index is 10.8. The molecule has 2 aliphatic rings. The molecule has 2 bridgehead atoms. The van der Waals surface area contributed by atoms with Crippen LogP contribution in [0.15, 0.2) is 0 Å². The van der Waals surface area contributed by atoms with Crippen LogP contribution in [0.1, 0.15) is 46.0 Å². The zero-order valence-corrected chi connectivity index (χ0v) is 11.1. The quantitative estimate of drug-likeness (QED) is 0.774. The lowest BCUT2D eigenvalue weighted by atomic mass is 9.88. The summed E-state index contributed by atoms with van der Waals surface area (Å²) >= 11 is 0. The molecule has 0 aliphatic heterocycles. The van der Waals surface area contributed by atoms with E-state index in [4.69, 9.17) is 5.11 Å². The molecule has 3 heteroatoms. The van der Waals surface area contributed by atoms with Gasteiger partial charge in [0.2, 0.25) is 0 Å². The Morgan fingerprint density at radius 3 is 2.65 bits per heavy atom. The van der Waals surface area contributed by atoms with Gasteiger partial charge in [-0.3, -0.25) is 4.79 Å². The molecule has 0 aromatic carbocycles. The van der Waals surface area contributed by atoms with Crippen molar-refractivity contribution in [1.29, 1.82) is 0 Å². The zero-order valence-electron chi connectivity index (χ0n) is 11.1. The SMILES string of the molecule is CCN(CC1CC2CCC1C2)C(C)CC(=O)O. The van der Waals surface area contributed by atoms with Gasteiger partial charge in [-0.1, -0.05) is 13.3 Å². The largest absolute Gasteiger partial charge is 0.481 e. The van der Waals surface area contributed by atoms with Crippen LogP contribution in [-0.4, -0.2) is 35.1 Å². The number of carbonyl (C=O) groups is 1. The average Bonchev–Trinajstić information content (AvgIpc) is 2.86. The minimum absolute atomic E-state index is 0.177. The molecule has 0 amide bonds. The molecule has 4 atom stereocenters. The number of fused-ring (bicyclic) bond motifs is 2. The van der Waals surface area contributed by atoms with Gasteiger partial charge in [0.15, 0.2) is 0 Å². The second-order valence-corrected chi connectivity index (χ2v) is 5.97. The molecule has 0 heterocycles. The monoisotopic (exact) mass is 239 g/mol. The molecule has 3 nitrogen and oxygen atoms in total. The van der Waals surface area contributed by atoms with Crippen LogP contribution in [0.25, 0.3) is 0 Å². The lowest BCUT2D eigenvalue weighted by molar-refractivity contribution is -0.138. The van der Waals surface area contributed by atoms with E-state index in [1.54, 1.807) is 0 Å². The van der Waals surface area contributed by atoms with Crippen LogP contribution < -0.4 is 0 Å². The van der Waals surface area contributed by atoms with E-state index in [1.807, 2.05) is 6.92 Å². The van der Waals surface area contributed by atoms with Crippen LogP contribution in [0.2, 0.25) is 0 Å². The summed E-state index contributed by atoms with van der Waals surface area (Å²) in [6, 6.07) is 0.177. The van der Waals surface area contributed by atoms with Crippen molar-refractivity contribution in [2.24, 2.45) is 17.8 Å². The molecule has 0 saturated heterocycles. The predicted molar refractivity (Wildman–Crippen MR) is 67.9 cm³/mol. The number of hydrogen-bond donors (Lipinski definition) is 1. The number of carboxylic acid groups (broad SMARTS) is 1. The van der Waals surface area contributed by atoms with Crippen molar-refractivity contribution >= 4 is 5.97 Å². The van der Waals surface area contributed by atoms with Gasteiger partial charge in [-0.15, -0.1) is 0 Å². The fraction of sp³-hybridized carbons (Fsp3) is 0.929. The van der Waals surface area contributed by atoms with E-state index >= 15 is 0 Å². The first-order valence-electron chi connectivity index (χ1n) is 7.06. The number of rotatable bonds is 6. The van der Waals surface area contributed by atoms with Crippen LogP contribution in [0, 0.1) is 17.8 Å². The lowest BCUT2D eigenvalue weighted by Gasteiger charge is -2.32. The lowest BCUT2D eigenvalue weighted by Crippen LogP contribution is -2.39. The Kier molecular flexibility index (Phi) is 4.08. The highest BCUT2D eigenvalue weighted by atomic mass is 16.4. The molecule has 98 valence electrons. The molecule has 2 aliphatic carbocycles. The van der Waals surface area contributed by atoms with Gasteiger partial charge >= 0.3 is 5.97 Å². The highest BCUT2D eigenvalue weighted by molar-refractivity contribution is 5.67. The maximum absolute atomic E-state index is 10.8. The van der Waals surface area contributed by atoms with Gasteiger partial charge < -0.3 is 10.0 Å². The van der Waals surface area contributed by atoms with Crippen molar-refractivity contribution in [3.63, 3.8) is 0 Å². The normalized spacial score (nSPS) is 33.2. The predicted octanol–water partition coefficient (Wildman–Crippen LogP) is 2.61. The standard InChI is InChI=1S/C14H25NO2/c1-3-15(10(2)6-14(16)17)9-13-8-11-4-5-12(13)7-11/h10-13H,3-9H2,1-2H3,(H,16,17). The van der Waals surface area contributed by atoms with Gasteiger partial charge in [0.1, 0.15) is 0 Å². The zero-order chi connectivity index (χ0) is 12.4. The summed E-state index contributed by atoms with van der Waals surface area (Å²) < 4.78 is 0. The first-order valence-corrected chi connectivity index (χ1v) is 7.06. The van der Waals surface area contributed by atoms with Gasteiger partial charge in [0.25, 0.3) is 0 Å². The third-order valence-electron chi connectivity index (χ3n) is 4.85. The fourth-order valence-electron chi connectivity index (χ4n) is 3.90. The van der Waals surface area contributed by atoms with E-state index in [9.17, 15) is 4.79 Å². The number of hydrogen-bond acceptors (Lipinski definition) is 2. The van der Waals surface area contributed by atoms with E-state index < -0.39 is 5.97 Å². The Morgan fingerprint density at radius 2 is 2.18 bits per heavy atom. The summed E-state index contributed by atoms with van der Waals surface area (Å²) in [5.74, 6) is 2.08. The Balaban J connectivity index is 1.84. The molecule has 0 aromatic rings. The Morgan fingerprint density at radius 1 is 1.41 bits per heavy atom. The van der Waals surface area contributed by atoms with Gasteiger partial charge in [0.05, 0.1) is 6.42 Å². The van der Waals surface area contributed by atoms with E-state index in [2.05, 4.69) is 11.8 Å². The average molecular weight is 239 g/mol. The summed E-state index contributed by atoms with van der Waals surface area (Å²) in [7, 11) is 0. The molecule has 17 heavy (non-hydrogen) atoms. The summed E-state index contributed by atoms with van der Waals surface area (Å²) in [5.41, 5.74) is 0. The van der Waals surface area contributed by atoms with Gasteiger partial charge in [-0.05, 0) is 50.5 Å². The van der Waals surface area contributed by atoms with Crippen molar-refractivity contribution in [3.05, 3.63) is 0 Å². The summed E-state index contributed by atoms with van der Waals surface area (Å²) in [6.45, 7) is 6.28. The van der Waals surface area contributed by atoms with Gasteiger partial charge in [-0.2, -0.15) is 0 Å². The van der Waals surface area contributed by atoms with Gasteiger partial charge in [0, 0.05) is 12.6 Å². The fourth-order valence-corrected chi connectivity index (χ4v) is 3.90. The number of carboxylic acids is 1. The highest BCUT2D eigenvalue weighted by Gasteiger charge is 2.40. The molecule has 4 unspecified atom stereocenters. The molecule has 0 radical (unpaired) electrons. The Labute approximate surface area is 104 Å². The van der Waals surface area contributed by atoms with Crippen molar-refractivity contribution in [2.75, 3.05) is 13.1 Å². The number of nitrogens with zero attached hydrogens (tertiary/aromatic N) is 1. The van der Waals surface area contributed by atoms with E-state index in [-0.39, 0.29) is 12.5 Å². The summed E-state index contributed by atoms with van der Waals surface area (Å²) in [6.07, 6.45) is 5.96. The molecular formula is C14H25NO2. The topological polar surface area (TPSA) is 40.5 Å². The molecule has 2 saturated carbocycles. The molecule has 2 fully saturated rings. The van der Waals surface area contributed by atoms with E-state index in [1.165, 1.54) is 25.7 Å². The Hall–Kier alpha value is -0.570. The minimum atomic E-state index is -0.677. The smallest absolute Gasteiger partial charge is 0.304 e. The van der Waals surface area contributed by atoms with Crippen molar-refractivity contribution in [1.82, 2.24) is 4.90 Å². The van der Waals surface area contributed by atoms with Crippen molar-refractivity contribution in [2.45, 2.75) is 52.0 Å². The van der Waals surface area contributed by atoms with Crippen LogP contribution in [0.3, 0.4) is 0 Å². The first-order chi connectivity index (χ1) is 8.10. The van der Waals surface area contributed by atoms with Crippen molar-refractivity contribution < 1.29 is 9.90 Å². The maximum Gasteiger partial charge on any atom is 0.304 e. The second kappa shape index (κ2) is 5.38. The van der Waals surface area contributed by atoms with Crippen LogP contribution in [0.5, 0.6) is 0 Å². The van der Waals surface area contributed by atoms with E-state index in [0.717, 1.165) is 30.8 Å². The van der Waals surface area contributed by atoms with Crippen LogP contribution >= 0.6 is 0 Å². The molecule has 2 rings (SSSR count). The second-order valence-electron chi connectivity index (χ2n) is 5.97. The first kappa shape index (κ1) is 12.9. The molecular weight excluding hydrogens is 214 g/mol. The molecule has 1 N–H and O–H groups in total. The molecule has 0 spiro atoms. The minimum Gasteiger partial charge on any atom is -0.481 e. The summed E-state index contributed by atoms with van der Waals surface area (Å²) in [5, 5.41) is 8.87. The number of aliphatic carboxylic acids is 1. The summed E-state index contributed by atoms with van der Waals surface area (Å²) in [4.78, 5) is 13.1. The van der Waals surface area contributed by atoms with Crippen LogP contribution in [0.4, 0.5) is 0 Å². The Bertz CT molecular complexity index is 279. The third kappa shape index (κ3) is 3.01. The highest BCUT2D eigenvalue weighted by Crippen LogP contribution is 2.48. The third-order valence-corrected chi connectivity index (χ3v) is 4.85. The van der Waals surface area contributed by atoms with Crippen LogP contribution in [-0.2, 0) is 4.79 Å². The molecule has 0 aromatic heterocycles.